The Hall–Kier alpha value is -0.120. The highest BCUT2D eigenvalue weighted by molar-refractivity contribution is 4.80. The average molecular weight is 200 g/mol. The highest BCUT2D eigenvalue weighted by Gasteiger charge is 2.23. The molecular formula is C11H24N2O. The molecule has 0 amide bonds. The molecule has 0 spiro atoms. The molecule has 1 heterocycles. The van der Waals surface area contributed by atoms with Gasteiger partial charge in [0.15, 0.2) is 0 Å². The maximum Gasteiger partial charge on any atom is 0.0638 e. The average Bonchev–Trinajstić information content (AvgIpc) is 2.50. The molecule has 1 aliphatic heterocycles. The van der Waals surface area contributed by atoms with Crippen LogP contribution in [0.15, 0.2) is 0 Å². The number of likely N-dealkylation sites (tertiary alicyclic amines) is 1. The Balaban J connectivity index is 2.28. The van der Waals surface area contributed by atoms with Crippen molar-refractivity contribution in [2.75, 3.05) is 33.2 Å². The second-order valence-electron chi connectivity index (χ2n) is 4.49. The standard InChI is InChI=1S/C11H24N2O/c1-4-13-7-5-6-11(13)9-12(3)8-10(2)14/h10-11,14H,4-9H2,1-3H3/t10-,11?/m1/s1. The molecule has 1 saturated heterocycles. The lowest BCUT2D eigenvalue weighted by atomic mass is 10.2. The first-order chi connectivity index (χ1) is 6.63. The van der Waals surface area contributed by atoms with Crippen molar-refractivity contribution in [3.05, 3.63) is 0 Å². The van der Waals surface area contributed by atoms with E-state index in [9.17, 15) is 5.11 Å². The van der Waals surface area contributed by atoms with E-state index in [0.29, 0.717) is 6.04 Å². The van der Waals surface area contributed by atoms with E-state index in [0.717, 1.165) is 19.6 Å². The first kappa shape index (κ1) is 12.0. The van der Waals surface area contributed by atoms with Gasteiger partial charge in [0.05, 0.1) is 6.10 Å². The molecule has 1 N–H and O–H groups in total. The molecule has 1 unspecified atom stereocenters. The van der Waals surface area contributed by atoms with Gasteiger partial charge in [0, 0.05) is 19.1 Å². The molecule has 1 fully saturated rings. The number of aliphatic hydroxyl groups excluding tert-OH is 1. The number of nitrogens with zero attached hydrogens (tertiary/aromatic N) is 2. The van der Waals surface area contributed by atoms with E-state index >= 15 is 0 Å². The Labute approximate surface area is 87.7 Å². The number of likely N-dealkylation sites (N-methyl/N-ethyl adjacent to an activating group) is 2. The number of aliphatic hydroxyl groups is 1. The van der Waals surface area contributed by atoms with E-state index in [1.54, 1.807) is 0 Å². The van der Waals surface area contributed by atoms with Gasteiger partial charge in [-0.15, -0.1) is 0 Å². The highest BCUT2D eigenvalue weighted by Crippen LogP contribution is 2.17. The van der Waals surface area contributed by atoms with Crippen molar-refractivity contribution >= 4 is 0 Å². The maximum absolute atomic E-state index is 9.26. The van der Waals surface area contributed by atoms with Gasteiger partial charge in [-0.3, -0.25) is 4.90 Å². The first-order valence-electron chi connectivity index (χ1n) is 5.74. The van der Waals surface area contributed by atoms with Gasteiger partial charge in [-0.05, 0) is 39.9 Å². The van der Waals surface area contributed by atoms with Gasteiger partial charge >= 0.3 is 0 Å². The summed E-state index contributed by atoms with van der Waals surface area (Å²) in [5, 5.41) is 9.26. The zero-order valence-corrected chi connectivity index (χ0v) is 9.74. The molecule has 0 radical (unpaired) electrons. The minimum atomic E-state index is -0.212. The van der Waals surface area contributed by atoms with E-state index in [-0.39, 0.29) is 6.10 Å². The summed E-state index contributed by atoms with van der Waals surface area (Å²) in [4.78, 5) is 4.78. The molecule has 0 saturated carbocycles. The van der Waals surface area contributed by atoms with Crippen LogP contribution in [0.1, 0.15) is 26.7 Å². The maximum atomic E-state index is 9.26. The molecule has 1 aliphatic rings. The molecule has 0 bridgehead atoms. The molecule has 0 aliphatic carbocycles. The van der Waals surface area contributed by atoms with Crippen LogP contribution in [-0.2, 0) is 0 Å². The Morgan fingerprint density at radius 1 is 1.57 bits per heavy atom. The Morgan fingerprint density at radius 2 is 2.29 bits per heavy atom. The van der Waals surface area contributed by atoms with Crippen molar-refractivity contribution in [3.8, 4) is 0 Å². The van der Waals surface area contributed by atoms with Crippen LogP contribution < -0.4 is 0 Å². The fraction of sp³-hybridized carbons (Fsp3) is 1.00. The summed E-state index contributed by atoms with van der Waals surface area (Å²) >= 11 is 0. The van der Waals surface area contributed by atoms with Crippen LogP contribution in [0.3, 0.4) is 0 Å². The minimum Gasteiger partial charge on any atom is -0.392 e. The van der Waals surface area contributed by atoms with Crippen molar-refractivity contribution in [1.82, 2.24) is 9.80 Å². The monoisotopic (exact) mass is 200 g/mol. The predicted octanol–water partition coefficient (Wildman–Crippen LogP) is 0.783. The SMILES string of the molecule is CCN1CCCC1CN(C)C[C@@H](C)O. The predicted molar refractivity (Wildman–Crippen MR) is 59.4 cm³/mol. The topological polar surface area (TPSA) is 26.7 Å². The summed E-state index contributed by atoms with van der Waals surface area (Å²) < 4.78 is 0. The summed E-state index contributed by atoms with van der Waals surface area (Å²) in [6, 6.07) is 0.712. The molecule has 3 nitrogen and oxygen atoms in total. The lowest BCUT2D eigenvalue weighted by molar-refractivity contribution is 0.121. The lowest BCUT2D eigenvalue weighted by Crippen LogP contribution is -2.40. The van der Waals surface area contributed by atoms with Gasteiger partial charge in [-0.2, -0.15) is 0 Å². The van der Waals surface area contributed by atoms with Gasteiger partial charge in [-0.25, -0.2) is 0 Å². The van der Waals surface area contributed by atoms with Crippen LogP contribution in [0.4, 0.5) is 0 Å². The molecule has 0 aromatic rings. The number of rotatable bonds is 5. The zero-order valence-electron chi connectivity index (χ0n) is 9.74. The molecule has 84 valence electrons. The van der Waals surface area contributed by atoms with Crippen LogP contribution in [-0.4, -0.2) is 60.3 Å². The van der Waals surface area contributed by atoms with Gasteiger partial charge in [0.25, 0.3) is 0 Å². The largest absolute Gasteiger partial charge is 0.392 e. The fourth-order valence-electron chi connectivity index (χ4n) is 2.40. The van der Waals surface area contributed by atoms with Crippen molar-refractivity contribution in [2.45, 2.75) is 38.8 Å². The van der Waals surface area contributed by atoms with E-state index in [4.69, 9.17) is 0 Å². The van der Waals surface area contributed by atoms with Crippen molar-refractivity contribution in [2.24, 2.45) is 0 Å². The third kappa shape index (κ3) is 3.56. The van der Waals surface area contributed by atoms with E-state index in [1.165, 1.54) is 19.4 Å². The van der Waals surface area contributed by atoms with E-state index < -0.39 is 0 Å². The summed E-state index contributed by atoms with van der Waals surface area (Å²) in [6.45, 7) is 8.37. The quantitative estimate of drug-likeness (QED) is 0.710. The molecule has 0 aromatic carbocycles. The minimum absolute atomic E-state index is 0.212. The van der Waals surface area contributed by atoms with Gasteiger partial charge in [0.1, 0.15) is 0 Å². The normalized spacial score (nSPS) is 25.9. The number of hydrogen-bond donors (Lipinski definition) is 1. The van der Waals surface area contributed by atoms with Crippen molar-refractivity contribution in [1.29, 1.82) is 0 Å². The van der Waals surface area contributed by atoms with Gasteiger partial charge in [0.2, 0.25) is 0 Å². The second kappa shape index (κ2) is 5.69. The summed E-state index contributed by atoms with van der Waals surface area (Å²) in [6.07, 6.45) is 2.44. The van der Waals surface area contributed by atoms with E-state index in [2.05, 4.69) is 23.8 Å². The molecule has 1 rings (SSSR count). The number of hydrogen-bond acceptors (Lipinski definition) is 3. The highest BCUT2D eigenvalue weighted by atomic mass is 16.3. The Kier molecular flexibility index (Phi) is 4.85. The second-order valence-corrected chi connectivity index (χ2v) is 4.49. The van der Waals surface area contributed by atoms with Gasteiger partial charge < -0.3 is 10.0 Å². The van der Waals surface area contributed by atoms with Crippen LogP contribution in [0.5, 0.6) is 0 Å². The summed E-state index contributed by atoms with van der Waals surface area (Å²) in [5.74, 6) is 0. The van der Waals surface area contributed by atoms with Crippen LogP contribution >= 0.6 is 0 Å². The molecular weight excluding hydrogens is 176 g/mol. The smallest absolute Gasteiger partial charge is 0.0638 e. The molecule has 3 heteroatoms. The van der Waals surface area contributed by atoms with Crippen LogP contribution in [0, 0.1) is 0 Å². The molecule has 2 atom stereocenters. The lowest BCUT2D eigenvalue weighted by Gasteiger charge is -2.28. The van der Waals surface area contributed by atoms with Crippen LogP contribution in [0.25, 0.3) is 0 Å². The van der Waals surface area contributed by atoms with Crippen LogP contribution in [0.2, 0.25) is 0 Å². The zero-order chi connectivity index (χ0) is 10.6. The third-order valence-corrected chi connectivity index (χ3v) is 3.00. The summed E-state index contributed by atoms with van der Waals surface area (Å²) in [7, 11) is 2.10. The molecule has 14 heavy (non-hydrogen) atoms. The van der Waals surface area contributed by atoms with Crippen molar-refractivity contribution in [3.63, 3.8) is 0 Å². The Morgan fingerprint density at radius 3 is 2.86 bits per heavy atom. The van der Waals surface area contributed by atoms with E-state index in [1.807, 2.05) is 6.92 Å². The Bertz CT molecular complexity index is 161. The molecule has 0 aromatic heterocycles. The van der Waals surface area contributed by atoms with Crippen molar-refractivity contribution < 1.29 is 5.11 Å². The fourth-order valence-corrected chi connectivity index (χ4v) is 2.40. The first-order valence-corrected chi connectivity index (χ1v) is 5.74. The van der Waals surface area contributed by atoms with Gasteiger partial charge in [-0.1, -0.05) is 6.92 Å². The third-order valence-electron chi connectivity index (χ3n) is 3.00. The summed E-state index contributed by atoms with van der Waals surface area (Å²) in [5.41, 5.74) is 0.